The number of thioether (sulfide) groups is 1. The summed E-state index contributed by atoms with van der Waals surface area (Å²) in [5.41, 5.74) is 1.24. The molecule has 0 aliphatic heterocycles. The van der Waals surface area contributed by atoms with Gasteiger partial charge in [-0.25, -0.2) is 0 Å². The maximum absolute atomic E-state index is 5.24. The van der Waals surface area contributed by atoms with Crippen LogP contribution in [0, 0.1) is 0 Å². The largest absolute Gasteiger partial charge is 0.497 e. The van der Waals surface area contributed by atoms with Crippen molar-refractivity contribution >= 4 is 27.7 Å². The first-order valence-electron chi connectivity index (χ1n) is 5.76. The van der Waals surface area contributed by atoms with Gasteiger partial charge in [0.2, 0.25) is 0 Å². The fourth-order valence-electron chi connectivity index (χ4n) is 1.59. The number of hydrogen-bond donors (Lipinski definition) is 1. The Morgan fingerprint density at radius 2 is 2.24 bits per heavy atom. The van der Waals surface area contributed by atoms with Crippen LogP contribution in [-0.2, 0) is 6.54 Å². The van der Waals surface area contributed by atoms with E-state index in [0.29, 0.717) is 6.04 Å². The lowest BCUT2D eigenvalue weighted by molar-refractivity contribution is 0.413. The minimum absolute atomic E-state index is 0.572. The Kier molecular flexibility index (Phi) is 7.00. The molecule has 17 heavy (non-hydrogen) atoms. The van der Waals surface area contributed by atoms with Crippen LogP contribution in [0.5, 0.6) is 5.75 Å². The third-order valence-corrected chi connectivity index (χ3v) is 4.20. The SMILES string of the molecule is CCC(CSC)NCc1cc(OC)ccc1Br. The third-order valence-electron chi connectivity index (χ3n) is 2.69. The first-order valence-corrected chi connectivity index (χ1v) is 7.94. The van der Waals surface area contributed by atoms with Gasteiger partial charge in [0.05, 0.1) is 7.11 Å². The lowest BCUT2D eigenvalue weighted by atomic mass is 10.2. The standard InChI is InChI=1S/C13H20BrNOS/c1-4-11(9-17-3)15-8-10-7-12(16-2)5-6-13(10)14/h5-7,11,15H,4,8-9H2,1-3H3. The van der Waals surface area contributed by atoms with Gasteiger partial charge >= 0.3 is 0 Å². The molecule has 96 valence electrons. The zero-order valence-electron chi connectivity index (χ0n) is 10.6. The fourth-order valence-corrected chi connectivity index (χ4v) is 2.73. The molecule has 0 aromatic heterocycles. The molecule has 1 unspecified atom stereocenters. The number of ether oxygens (including phenoxy) is 1. The molecule has 2 nitrogen and oxygen atoms in total. The molecule has 1 atom stereocenters. The number of hydrogen-bond acceptors (Lipinski definition) is 3. The Morgan fingerprint density at radius 1 is 1.47 bits per heavy atom. The van der Waals surface area contributed by atoms with Gasteiger partial charge in [-0.15, -0.1) is 0 Å². The van der Waals surface area contributed by atoms with E-state index in [4.69, 9.17) is 4.74 Å². The zero-order valence-corrected chi connectivity index (χ0v) is 13.0. The van der Waals surface area contributed by atoms with Crippen LogP contribution in [-0.4, -0.2) is 25.2 Å². The number of benzene rings is 1. The summed E-state index contributed by atoms with van der Waals surface area (Å²) in [4.78, 5) is 0. The molecule has 0 radical (unpaired) electrons. The normalized spacial score (nSPS) is 12.5. The van der Waals surface area contributed by atoms with Crippen molar-refractivity contribution in [2.24, 2.45) is 0 Å². The highest BCUT2D eigenvalue weighted by Gasteiger charge is 2.07. The number of nitrogens with one attached hydrogen (secondary N) is 1. The van der Waals surface area contributed by atoms with Crippen molar-refractivity contribution in [2.75, 3.05) is 19.1 Å². The molecule has 1 aromatic rings. The van der Waals surface area contributed by atoms with Crippen LogP contribution < -0.4 is 10.1 Å². The topological polar surface area (TPSA) is 21.3 Å². The summed E-state index contributed by atoms with van der Waals surface area (Å²) < 4.78 is 6.37. The highest BCUT2D eigenvalue weighted by atomic mass is 79.9. The van der Waals surface area contributed by atoms with E-state index >= 15 is 0 Å². The van der Waals surface area contributed by atoms with E-state index in [0.717, 1.165) is 28.9 Å². The molecular weight excluding hydrogens is 298 g/mol. The summed E-state index contributed by atoms with van der Waals surface area (Å²) in [6.45, 7) is 3.09. The van der Waals surface area contributed by atoms with Crippen molar-refractivity contribution in [3.8, 4) is 5.75 Å². The highest BCUT2D eigenvalue weighted by molar-refractivity contribution is 9.10. The average molecular weight is 318 g/mol. The minimum atomic E-state index is 0.572. The van der Waals surface area contributed by atoms with Gasteiger partial charge in [0.1, 0.15) is 5.75 Å². The van der Waals surface area contributed by atoms with E-state index in [1.165, 1.54) is 5.56 Å². The summed E-state index contributed by atoms with van der Waals surface area (Å²) in [5.74, 6) is 2.06. The molecule has 4 heteroatoms. The van der Waals surface area contributed by atoms with Crippen LogP contribution in [0.2, 0.25) is 0 Å². The Morgan fingerprint density at radius 3 is 2.82 bits per heavy atom. The Bertz CT molecular complexity index is 346. The van der Waals surface area contributed by atoms with Crippen molar-refractivity contribution in [1.82, 2.24) is 5.32 Å². The smallest absolute Gasteiger partial charge is 0.119 e. The molecule has 0 saturated carbocycles. The number of methoxy groups -OCH3 is 1. The molecule has 1 N–H and O–H groups in total. The van der Waals surface area contributed by atoms with E-state index in [1.807, 2.05) is 23.9 Å². The van der Waals surface area contributed by atoms with Gasteiger partial charge in [-0.3, -0.25) is 0 Å². The monoisotopic (exact) mass is 317 g/mol. The molecule has 0 fully saturated rings. The van der Waals surface area contributed by atoms with E-state index in [1.54, 1.807) is 7.11 Å². The molecule has 0 aliphatic rings. The van der Waals surface area contributed by atoms with Crippen LogP contribution >= 0.6 is 27.7 Å². The van der Waals surface area contributed by atoms with Crippen LogP contribution in [0.3, 0.4) is 0 Å². The van der Waals surface area contributed by atoms with Gasteiger partial charge in [-0.1, -0.05) is 22.9 Å². The summed E-state index contributed by atoms with van der Waals surface area (Å²) in [7, 11) is 1.70. The first kappa shape index (κ1) is 14.9. The Labute approximate surface area is 117 Å². The third kappa shape index (κ3) is 4.90. The van der Waals surface area contributed by atoms with Crippen molar-refractivity contribution in [2.45, 2.75) is 25.9 Å². The highest BCUT2D eigenvalue weighted by Crippen LogP contribution is 2.22. The fraction of sp³-hybridized carbons (Fsp3) is 0.538. The molecule has 0 saturated heterocycles. The summed E-state index contributed by atoms with van der Waals surface area (Å²) in [5, 5.41) is 3.57. The number of rotatable bonds is 7. The molecule has 0 heterocycles. The van der Waals surface area contributed by atoms with Gasteiger partial charge in [0.25, 0.3) is 0 Å². The first-order chi connectivity index (χ1) is 8.21. The van der Waals surface area contributed by atoms with E-state index in [9.17, 15) is 0 Å². The summed E-state index contributed by atoms with van der Waals surface area (Å²) in [6, 6.07) is 6.64. The number of halogens is 1. The van der Waals surface area contributed by atoms with Crippen LogP contribution in [0.25, 0.3) is 0 Å². The Hall–Kier alpha value is -0.190. The summed E-state index contributed by atoms with van der Waals surface area (Å²) in [6.07, 6.45) is 3.30. The Balaban J connectivity index is 2.60. The lowest BCUT2D eigenvalue weighted by Gasteiger charge is -2.16. The van der Waals surface area contributed by atoms with Crippen molar-refractivity contribution < 1.29 is 4.74 Å². The van der Waals surface area contributed by atoms with Crippen molar-refractivity contribution in [3.05, 3.63) is 28.2 Å². The van der Waals surface area contributed by atoms with Crippen LogP contribution in [0.15, 0.2) is 22.7 Å². The van der Waals surface area contributed by atoms with Gasteiger partial charge in [0, 0.05) is 22.8 Å². The second kappa shape index (κ2) is 8.01. The maximum atomic E-state index is 5.24. The van der Waals surface area contributed by atoms with E-state index < -0.39 is 0 Å². The van der Waals surface area contributed by atoms with Gasteiger partial charge in [-0.2, -0.15) is 11.8 Å². The van der Waals surface area contributed by atoms with Gasteiger partial charge in [0.15, 0.2) is 0 Å². The second-order valence-corrected chi connectivity index (χ2v) is 5.66. The zero-order chi connectivity index (χ0) is 12.7. The lowest BCUT2D eigenvalue weighted by Crippen LogP contribution is -2.30. The van der Waals surface area contributed by atoms with Crippen molar-refractivity contribution in [1.29, 1.82) is 0 Å². The van der Waals surface area contributed by atoms with Gasteiger partial charge in [-0.05, 0) is 36.4 Å². The molecule has 0 aliphatic carbocycles. The predicted molar refractivity (Wildman–Crippen MR) is 80.0 cm³/mol. The van der Waals surface area contributed by atoms with E-state index in [-0.39, 0.29) is 0 Å². The predicted octanol–water partition coefficient (Wildman–Crippen LogP) is 3.69. The molecule has 1 rings (SSSR count). The summed E-state index contributed by atoms with van der Waals surface area (Å²) >= 11 is 5.45. The minimum Gasteiger partial charge on any atom is -0.497 e. The molecule has 0 bridgehead atoms. The molecule has 0 spiro atoms. The van der Waals surface area contributed by atoms with E-state index in [2.05, 4.69) is 40.5 Å². The van der Waals surface area contributed by atoms with Gasteiger partial charge < -0.3 is 10.1 Å². The maximum Gasteiger partial charge on any atom is 0.119 e. The van der Waals surface area contributed by atoms with Crippen LogP contribution in [0.4, 0.5) is 0 Å². The van der Waals surface area contributed by atoms with Crippen molar-refractivity contribution in [3.63, 3.8) is 0 Å². The van der Waals surface area contributed by atoms with Crippen LogP contribution in [0.1, 0.15) is 18.9 Å². The average Bonchev–Trinajstić information content (AvgIpc) is 2.36. The molecule has 0 amide bonds. The quantitative estimate of drug-likeness (QED) is 0.828. The molecular formula is C13H20BrNOS. The second-order valence-electron chi connectivity index (χ2n) is 3.90. The molecule has 1 aromatic carbocycles.